The number of anilines is 1. The maximum absolute atomic E-state index is 13.0. The second-order valence-corrected chi connectivity index (χ2v) is 10.0. The summed E-state index contributed by atoms with van der Waals surface area (Å²) in [6.45, 7) is 6.17. The third-order valence-electron chi connectivity index (χ3n) is 7.67. The van der Waals surface area contributed by atoms with E-state index in [1.165, 1.54) is 22.5 Å². The summed E-state index contributed by atoms with van der Waals surface area (Å²) < 4.78 is 2.41. The highest BCUT2D eigenvalue weighted by molar-refractivity contribution is 5.96. The molecule has 4 aromatic rings. The fourth-order valence-corrected chi connectivity index (χ4v) is 5.56. The van der Waals surface area contributed by atoms with Crippen molar-refractivity contribution in [3.8, 4) is 11.3 Å². The van der Waals surface area contributed by atoms with Gasteiger partial charge in [-0.2, -0.15) is 0 Å². The first-order valence-corrected chi connectivity index (χ1v) is 13.0. The quantitative estimate of drug-likeness (QED) is 0.435. The Balaban J connectivity index is 1.15. The van der Waals surface area contributed by atoms with Crippen molar-refractivity contribution in [2.75, 3.05) is 25.0 Å². The van der Waals surface area contributed by atoms with E-state index in [0.717, 1.165) is 30.4 Å². The molecule has 37 heavy (non-hydrogen) atoms. The summed E-state index contributed by atoms with van der Waals surface area (Å²) in [6.07, 6.45) is 3.12. The highest BCUT2D eigenvalue weighted by atomic mass is 16.2. The molecule has 2 aromatic heterocycles. The maximum Gasteiger partial charge on any atom is 0.253 e. The van der Waals surface area contributed by atoms with Gasteiger partial charge in [0.05, 0.1) is 0 Å². The third kappa shape index (κ3) is 4.62. The molecule has 0 atom stereocenters. The average Bonchev–Trinajstić information content (AvgIpc) is 3.29. The lowest BCUT2D eigenvalue weighted by atomic mass is 9.95. The number of hydrogen-bond acceptors (Lipinski definition) is 4. The largest absolute Gasteiger partial charge is 0.342 e. The van der Waals surface area contributed by atoms with Gasteiger partial charge in [-0.15, -0.1) is 0 Å². The number of carbonyl (C=O) groups is 2. The molecule has 2 aromatic carbocycles. The van der Waals surface area contributed by atoms with E-state index in [1.54, 1.807) is 0 Å². The highest BCUT2D eigenvalue weighted by Gasteiger charge is 2.28. The Morgan fingerprint density at radius 3 is 2.59 bits per heavy atom. The van der Waals surface area contributed by atoms with Crippen molar-refractivity contribution >= 4 is 28.4 Å². The monoisotopic (exact) mass is 493 g/mol. The molecular weight excluding hydrogens is 462 g/mol. The van der Waals surface area contributed by atoms with Crippen LogP contribution in [0.3, 0.4) is 0 Å². The Morgan fingerprint density at radius 1 is 0.973 bits per heavy atom. The fourth-order valence-electron chi connectivity index (χ4n) is 5.56. The molecule has 1 fully saturated rings. The van der Waals surface area contributed by atoms with E-state index < -0.39 is 0 Å². The Kier molecular flexibility index (Phi) is 6.22. The lowest BCUT2D eigenvalue weighted by Gasteiger charge is -2.31. The fraction of sp³-hybridized carbons (Fsp3) is 0.300. The number of piperidine rings is 1. The van der Waals surface area contributed by atoms with Crippen molar-refractivity contribution in [3.63, 3.8) is 0 Å². The summed E-state index contributed by atoms with van der Waals surface area (Å²) in [7, 11) is 0. The molecule has 188 valence electrons. The molecule has 2 aliphatic rings. The van der Waals surface area contributed by atoms with Gasteiger partial charge in [-0.05, 0) is 66.6 Å². The van der Waals surface area contributed by atoms with Crippen LogP contribution < -0.4 is 10.6 Å². The molecule has 2 aliphatic heterocycles. The first-order valence-electron chi connectivity index (χ1n) is 13.0. The lowest BCUT2D eigenvalue weighted by Crippen LogP contribution is -2.41. The van der Waals surface area contributed by atoms with Gasteiger partial charge in [0.15, 0.2) is 0 Å². The summed E-state index contributed by atoms with van der Waals surface area (Å²) >= 11 is 0. The third-order valence-corrected chi connectivity index (χ3v) is 7.67. The smallest absolute Gasteiger partial charge is 0.253 e. The maximum atomic E-state index is 13.0. The minimum atomic E-state index is -0.132. The molecule has 0 aliphatic carbocycles. The van der Waals surface area contributed by atoms with E-state index in [0.29, 0.717) is 37.3 Å². The molecule has 0 bridgehead atoms. The van der Waals surface area contributed by atoms with Gasteiger partial charge < -0.3 is 20.1 Å². The van der Waals surface area contributed by atoms with Crippen molar-refractivity contribution in [3.05, 3.63) is 83.7 Å². The zero-order chi connectivity index (χ0) is 25.4. The molecule has 0 spiro atoms. The SMILES string of the molecule is Cc1cc(-c2ccc3cnc(NC(=O)C4CCN(C(=O)c5ccccc5)CC4)cc3c2)n2c1CNCC2. The van der Waals surface area contributed by atoms with Crippen LogP contribution in [0.25, 0.3) is 22.0 Å². The van der Waals surface area contributed by atoms with Gasteiger partial charge in [-0.25, -0.2) is 4.98 Å². The standard InChI is InChI=1S/C30H31N5O2/c1-20-15-26(35-14-11-31-19-27(20)35)23-7-8-24-18-32-28(17-25(24)16-23)33-29(36)21-9-12-34(13-10-21)30(37)22-5-3-2-4-6-22/h2-8,15-18,21,31H,9-14,19H2,1H3,(H,32,33,36). The van der Waals surface area contributed by atoms with Gasteiger partial charge in [0.2, 0.25) is 5.91 Å². The van der Waals surface area contributed by atoms with Crippen molar-refractivity contribution in [2.45, 2.75) is 32.9 Å². The van der Waals surface area contributed by atoms with Crippen LogP contribution in [-0.4, -0.2) is 45.9 Å². The number of rotatable bonds is 4. The summed E-state index contributed by atoms with van der Waals surface area (Å²) in [5.41, 5.74) is 5.75. The minimum Gasteiger partial charge on any atom is -0.342 e. The molecular formula is C30H31N5O2. The van der Waals surface area contributed by atoms with Gasteiger partial charge in [0.1, 0.15) is 5.82 Å². The summed E-state index contributed by atoms with van der Waals surface area (Å²) in [5, 5.41) is 8.57. The molecule has 4 heterocycles. The number of amides is 2. The van der Waals surface area contributed by atoms with Crippen LogP contribution in [0.2, 0.25) is 0 Å². The topological polar surface area (TPSA) is 79.3 Å². The van der Waals surface area contributed by atoms with Crippen molar-refractivity contribution in [1.29, 1.82) is 0 Å². The molecule has 7 nitrogen and oxygen atoms in total. The second kappa shape index (κ2) is 9.82. The Morgan fingerprint density at radius 2 is 1.78 bits per heavy atom. The van der Waals surface area contributed by atoms with Gasteiger partial charge in [0, 0.05) is 67.2 Å². The number of carbonyl (C=O) groups excluding carboxylic acids is 2. The number of hydrogen-bond donors (Lipinski definition) is 2. The van der Waals surface area contributed by atoms with E-state index in [1.807, 2.05) is 47.5 Å². The second-order valence-electron chi connectivity index (χ2n) is 10.0. The van der Waals surface area contributed by atoms with E-state index in [-0.39, 0.29) is 17.7 Å². The lowest BCUT2D eigenvalue weighted by molar-refractivity contribution is -0.121. The molecule has 1 saturated heterocycles. The average molecular weight is 494 g/mol. The van der Waals surface area contributed by atoms with Gasteiger partial charge in [-0.3, -0.25) is 9.59 Å². The predicted molar refractivity (Wildman–Crippen MR) is 145 cm³/mol. The van der Waals surface area contributed by atoms with Gasteiger partial charge in [-0.1, -0.05) is 30.3 Å². The molecule has 0 unspecified atom stereocenters. The van der Waals surface area contributed by atoms with Crippen LogP contribution >= 0.6 is 0 Å². The summed E-state index contributed by atoms with van der Waals surface area (Å²) in [4.78, 5) is 32.1. The highest BCUT2D eigenvalue weighted by Crippen LogP contribution is 2.30. The van der Waals surface area contributed by atoms with Gasteiger partial charge >= 0.3 is 0 Å². The predicted octanol–water partition coefficient (Wildman–Crippen LogP) is 4.61. The van der Waals surface area contributed by atoms with Crippen molar-refractivity contribution < 1.29 is 9.59 Å². The van der Waals surface area contributed by atoms with Crippen LogP contribution in [0.15, 0.2) is 66.9 Å². The van der Waals surface area contributed by atoms with Crippen LogP contribution in [0.4, 0.5) is 5.82 Å². The Hall–Kier alpha value is -3.97. The number of aromatic nitrogens is 2. The first-order chi connectivity index (χ1) is 18.1. The van der Waals surface area contributed by atoms with Gasteiger partial charge in [0.25, 0.3) is 5.91 Å². The first kappa shape index (κ1) is 23.4. The van der Waals surface area contributed by atoms with E-state index in [2.05, 4.69) is 51.4 Å². The summed E-state index contributed by atoms with van der Waals surface area (Å²) in [5.74, 6) is 0.434. The molecule has 0 radical (unpaired) electrons. The van der Waals surface area contributed by atoms with Crippen LogP contribution in [0.5, 0.6) is 0 Å². The minimum absolute atomic E-state index is 0.0291. The normalized spacial score (nSPS) is 16.0. The van der Waals surface area contributed by atoms with Crippen molar-refractivity contribution in [2.24, 2.45) is 5.92 Å². The van der Waals surface area contributed by atoms with Crippen LogP contribution in [0.1, 0.15) is 34.5 Å². The van der Waals surface area contributed by atoms with E-state index in [9.17, 15) is 9.59 Å². The van der Waals surface area contributed by atoms with E-state index in [4.69, 9.17) is 0 Å². The van der Waals surface area contributed by atoms with Crippen LogP contribution in [0, 0.1) is 12.8 Å². The van der Waals surface area contributed by atoms with E-state index >= 15 is 0 Å². The number of benzene rings is 2. The zero-order valence-electron chi connectivity index (χ0n) is 21.0. The molecule has 7 heteroatoms. The molecule has 2 amide bonds. The van der Waals surface area contributed by atoms with Crippen LogP contribution in [-0.2, 0) is 17.9 Å². The number of fused-ring (bicyclic) bond motifs is 2. The number of nitrogens with one attached hydrogen (secondary N) is 2. The number of likely N-dealkylation sites (tertiary alicyclic amines) is 1. The molecule has 2 N–H and O–H groups in total. The Bertz CT molecular complexity index is 1470. The zero-order valence-corrected chi connectivity index (χ0v) is 21.0. The molecule has 0 saturated carbocycles. The molecule has 6 rings (SSSR count). The van der Waals surface area contributed by atoms with Crippen molar-refractivity contribution in [1.82, 2.24) is 19.8 Å². The number of nitrogens with zero attached hydrogens (tertiary/aromatic N) is 3. The Labute approximate surface area is 216 Å². The number of aryl methyl sites for hydroxylation is 1. The summed E-state index contributed by atoms with van der Waals surface area (Å²) in [6, 6.07) is 20.0. The number of pyridine rings is 1.